The molecule has 24 heavy (non-hydrogen) atoms. The van der Waals surface area contributed by atoms with Gasteiger partial charge in [0.1, 0.15) is 17.9 Å². The molecule has 0 aliphatic carbocycles. The standard InChI is InChI=1S/C17H15BrN4O2/c18-13-10-14-16(19-11-13)22(7-6-21-8-9-24-17(21)23)15(20-14)12-4-2-1-3-5-12/h1-5,10-11H,6-9H2. The summed E-state index contributed by atoms with van der Waals surface area (Å²) in [4.78, 5) is 22.6. The van der Waals surface area contributed by atoms with E-state index in [0.717, 1.165) is 27.0 Å². The van der Waals surface area contributed by atoms with Crippen molar-refractivity contribution < 1.29 is 9.53 Å². The van der Waals surface area contributed by atoms with Gasteiger partial charge in [0, 0.05) is 29.3 Å². The highest BCUT2D eigenvalue weighted by Crippen LogP contribution is 2.25. The third-order valence-electron chi connectivity index (χ3n) is 4.02. The number of cyclic esters (lactones) is 1. The quantitative estimate of drug-likeness (QED) is 0.689. The first-order valence-corrected chi connectivity index (χ1v) is 8.50. The molecule has 0 atom stereocenters. The average molecular weight is 387 g/mol. The molecule has 0 unspecified atom stereocenters. The van der Waals surface area contributed by atoms with Crippen molar-refractivity contribution in [3.05, 3.63) is 47.1 Å². The van der Waals surface area contributed by atoms with Crippen LogP contribution in [0.4, 0.5) is 4.79 Å². The van der Waals surface area contributed by atoms with Crippen LogP contribution in [0.3, 0.4) is 0 Å². The van der Waals surface area contributed by atoms with E-state index in [2.05, 4.69) is 25.5 Å². The number of rotatable bonds is 4. The molecule has 0 bridgehead atoms. The number of carbonyl (C=O) groups excluding carboxylic acids is 1. The van der Waals surface area contributed by atoms with Crippen LogP contribution in [0, 0.1) is 0 Å². The molecule has 3 heterocycles. The van der Waals surface area contributed by atoms with Gasteiger partial charge in [-0.3, -0.25) is 0 Å². The van der Waals surface area contributed by atoms with Gasteiger partial charge in [0.2, 0.25) is 0 Å². The van der Waals surface area contributed by atoms with Crippen LogP contribution in [0.2, 0.25) is 0 Å². The third kappa shape index (κ3) is 2.75. The maximum absolute atomic E-state index is 11.7. The van der Waals surface area contributed by atoms with Gasteiger partial charge < -0.3 is 14.2 Å². The number of aromatic nitrogens is 3. The minimum absolute atomic E-state index is 0.253. The molecule has 1 aromatic carbocycles. The molecule has 3 aromatic rings. The number of halogens is 1. The number of nitrogens with zero attached hydrogens (tertiary/aromatic N) is 4. The lowest BCUT2D eigenvalue weighted by Crippen LogP contribution is -2.28. The summed E-state index contributed by atoms with van der Waals surface area (Å²) in [5.74, 6) is 0.851. The minimum Gasteiger partial charge on any atom is -0.448 e. The summed E-state index contributed by atoms with van der Waals surface area (Å²) >= 11 is 3.44. The molecule has 1 amide bonds. The van der Waals surface area contributed by atoms with Crippen LogP contribution in [0.5, 0.6) is 0 Å². The molecule has 4 rings (SSSR count). The summed E-state index contributed by atoms with van der Waals surface area (Å²) in [6, 6.07) is 12.0. The van der Waals surface area contributed by atoms with E-state index >= 15 is 0 Å². The number of benzene rings is 1. The van der Waals surface area contributed by atoms with Crippen molar-refractivity contribution >= 4 is 33.2 Å². The first-order chi connectivity index (χ1) is 11.7. The first-order valence-electron chi connectivity index (χ1n) is 7.71. The van der Waals surface area contributed by atoms with Crippen molar-refractivity contribution in [3.63, 3.8) is 0 Å². The Hall–Kier alpha value is -2.41. The van der Waals surface area contributed by atoms with Crippen molar-refractivity contribution in [2.45, 2.75) is 6.54 Å². The molecular weight excluding hydrogens is 372 g/mol. The van der Waals surface area contributed by atoms with Gasteiger partial charge in [0.15, 0.2) is 5.65 Å². The molecule has 1 aliphatic rings. The lowest BCUT2D eigenvalue weighted by atomic mass is 10.2. The molecule has 1 fully saturated rings. The molecule has 122 valence electrons. The predicted molar refractivity (Wildman–Crippen MR) is 93.6 cm³/mol. The van der Waals surface area contributed by atoms with E-state index < -0.39 is 0 Å². The van der Waals surface area contributed by atoms with E-state index in [9.17, 15) is 4.79 Å². The van der Waals surface area contributed by atoms with Crippen molar-refractivity contribution in [2.24, 2.45) is 0 Å². The lowest BCUT2D eigenvalue weighted by molar-refractivity contribution is 0.157. The van der Waals surface area contributed by atoms with Crippen molar-refractivity contribution in [3.8, 4) is 11.4 Å². The highest BCUT2D eigenvalue weighted by Gasteiger charge is 2.22. The second-order valence-electron chi connectivity index (χ2n) is 5.55. The Balaban J connectivity index is 1.75. The Labute approximate surface area is 147 Å². The van der Waals surface area contributed by atoms with Crippen LogP contribution >= 0.6 is 15.9 Å². The number of hydrogen-bond donors (Lipinski definition) is 0. The van der Waals surface area contributed by atoms with E-state index in [0.29, 0.717) is 26.2 Å². The van der Waals surface area contributed by atoms with E-state index in [4.69, 9.17) is 9.72 Å². The van der Waals surface area contributed by atoms with Crippen LogP contribution in [0.15, 0.2) is 47.1 Å². The Bertz CT molecular complexity index is 894. The highest BCUT2D eigenvalue weighted by molar-refractivity contribution is 9.10. The summed E-state index contributed by atoms with van der Waals surface area (Å²) in [5, 5.41) is 0. The molecule has 0 saturated carbocycles. The molecule has 6 nitrogen and oxygen atoms in total. The van der Waals surface area contributed by atoms with Crippen molar-refractivity contribution in [1.82, 2.24) is 19.4 Å². The first kappa shape index (κ1) is 15.1. The maximum atomic E-state index is 11.7. The Morgan fingerprint density at radius 1 is 1.21 bits per heavy atom. The van der Waals surface area contributed by atoms with E-state index in [1.807, 2.05) is 36.4 Å². The van der Waals surface area contributed by atoms with Gasteiger partial charge in [-0.05, 0) is 22.0 Å². The second-order valence-corrected chi connectivity index (χ2v) is 6.47. The van der Waals surface area contributed by atoms with Crippen LogP contribution < -0.4 is 0 Å². The Kier molecular flexibility index (Phi) is 3.93. The molecular formula is C17H15BrN4O2. The predicted octanol–water partition coefficient (Wildman–Crippen LogP) is 3.31. The fourth-order valence-corrected chi connectivity index (χ4v) is 3.17. The topological polar surface area (TPSA) is 60.2 Å². The second kappa shape index (κ2) is 6.24. The number of carbonyl (C=O) groups is 1. The van der Waals surface area contributed by atoms with E-state index in [-0.39, 0.29) is 6.09 Å². The van der Waals surface area contributed by atoms with Gasteiger partial charge in [0.25, 0.3) is 0 Å². The van der Waals surface area contributed by atoms with Gasteiger partial charge in [-0.25, -0.2) is 14.8 Å². The number of amides is 1. The Morgan fingerprint density at radius 3 is 2.79 bits per heavy atom. The van der Waals surface area contributed by atoms with Gasteiger partial charge in [-0.15, -0.1) is 0 Å². The van der Waals surface area contributed by atoms with Crippen LogP contribution in [0.1, 0.15) is 0 Å². The van der Waals surface area contributed by atoms with Gasteiger partial charge in [-0.1, -0.05) is 30.3 Å². The molecule has 0 radical (unpaired) electrons. The summed E-state index contributed by atoms with van der Waals surface area (Å²) in [6.45, 7) is 2.28. The average Bonchev–Trinajstić information content (AvgIpc) is 3.16. The van der Waals surface area contributed by atoms with Crippen molar-refractivity contribution in [1.29, 1.82) is 0 Å². The highest BCUT2D eigenvalue weighted by atomic mass is 79.9. The molecule has 2 aromatic heterocycles. The van der Waals surface area contributed by atoms with Crippen LogP contribution in [0.25, 0.3) is 22.6 Å². The minimum atomic E-state index is -0.253. The van der Waals surface area contributed by atoms with E-state index in [1.54, 1.807) is 11.1 Å². The molecule has 0 spiro atoms. The van der Waals surface area contributed by atoms with Gasteiger partial charge >= 0.3 is 6.09 Å². The Morgan fingerprint density at radius 2 is 2.04 bits per heavy atom. The number of fused-ring (bicyclic) bond motifs is 1. The molecule has 1 aliphatic heterocycles. The summed E-state index contributed by atoms with van der Waals surface area (Å²) in [7, 11) is 0. The molecule has 1 saturated heterocycles. The number of pyridine rings is 1. The van der Waals surface area contributed by atoms with Crippen LogP contribution in [-0.4, -0.2) is 45.2 Å². The fourth-order valence-electron chi connectivity index (χ4n) is 2.86. The molecule has 7 heteroatoms. The van der Waals surface area contributed by atoms with Crippen LogP contribution in [-0.2, 0) is 11.3 Å². The number of imidazole rings is 1. The fraction of sp³-hybridized carbons (Fsp3) is 0.235. The number of hydrogen-bond acceptors (Lipinski definition) is 4. The zero-order valence-corrected chi connectivity index (χ0v) is 14.4. The lowest BCUT2D eigenvalue weighted by Gasteiger charge is -2.14. The van der Waals surface area contributed by atoms with E-state index in [1.165, 1.54) is 0 Å². The maximum Gasteiger partial charge on any atom is 0.410 e. The summed E-state index contributed by atoms with van der Waals surface area (Å²) < 4.78 is 7.94. The zero-order chi connectivity index (χ0) is 16.5. The summed E-state index contributed by atoms with van der Waals surface area (Å²) in [5.41, 5.74) is 2.66. The SMILES string of the molecule is O=C1OCCN1CCn1c(-c2ccccc2)nc2cc(Br)cnc21. The smallest absolute Gasteiger partial charge is 0.410 e. The zero-order valence-electron chi connectivity index (χ0n) is 12.9. The monoisotopic (exact) mass is 386 g/mol. The summed E-state index contributed by atoms with van der Waals surface area (Å²) in [6.07, 6.45) is 1.51. The normalized spacial score (nSPS) is 14.4. The number of ether oxygens (including phenoxy) is 1. The largest absolute Gasteiger partial charge is 0.448 e. The van der Waals surface area contributed by atoms with Crippen molar-refractivity contribution in [2.75, 3.05) is 19.7 Å². The van der Waals surface area contributed by atoms with Gasteiger partial charge in [-0.2, -0.15) is 0 Å². The van der Waals surface area contributed by atoms with Gasteiger partial charge in [0.05, 0.1) is 6.54 Å². The molecule has 0 N–H and O–H groups in total. The third-order valence-corrected chi connectivity index (χ3v) is 4.46.